The van der Waals surface area contributed by atoms with Gasteiger partial charge in [0.05, 0.1) is 0 Å². The van der Waals surface area contributed by atoms with Crippen molar-refractivity contribution in [2.75, 3.05) is 0 Å². The van der Waals surface area contributed by atoms with Crippen molar-refractivity contribution in [1.82, 2.24) is 5.32 Å². The van der Waals surface area contributed by atoms with Crippen LogP contribution in [0.3, 0.4) is 0 Å². The molecule has 4 nitrogen and oxygen atoms in total. The van der Waals surface area contributed by atoms with E-state index in [1.54, 1.807) is 6.07 Å². The summed E-state index contributed by atoms with van der Waals surface area (Å²) in [5.74, 6) is 0.710. The van der Waals surface area contributed by atoms with Crippen LogP contribution in [0.4, 0.5) is 0 Å². The summed E-state index contributed by atoms with van der Waals surface area (Å²) in [5, 5.41) is 13.9. The Morgan fingerprint density at radius 3 is 2.81 bits per heavy atom. The van der Waals surface area contributed by atoms with Gasteiger partial charge in [0.15, 0.2) is 0 Å². The highest BCUT2D eigenvalue weighted by atomic mass is 35.5. The molecule has 0 spiro atoms. The Morgan fingerprint density at radius 1 is 1.19 bits per heavy atom. The van der Waals surface area contributed by atoms with Crippen LogP contribution in [-0.4, -0.2) is 17.4 Å². The molecule has 0 bridgehead atoms. The maximum atomic E-state index is 9.45. The molecule has 2 atom stereocenters. The van der Waals surface area contributed by atoms with Crippen LogP contribution < -0.4 is 10.1 Å². The molecule has 0 radical (unpaired) electrons. The molecule has 1 aromatic heterocycles. The summed E-state index contributed by atoms with van der Waals surface area (Å²) in [4.78, 5) is 0. The van der Waals surface area contributed by atoms with Crippen molar-refractivity contribution in [3.05, 3.63) is 59.7 Å². The fourth-order valence-corrected chi connectivity index (χ4v) is 3.58. The van der Waals surface area contributed by atoms with Crippen molar-refractivity contribution in [3.8, 4) is 11.7 Å². The van der Waals surface area contributed by atoms with Crippen LogP contribution in [0.2, 0.25) is 0 Å². The second-order valence-electron chi connectivity index (χ2n) is 6.67. The van der Waals surface area contributed by atoms with Gasteiger partial charge in [-0.15, -0.1) is 12.4 Å². The van der Waals surface area contributed by atoms with Gasteiger partial charge in [-0.3, -0.25) is 5.32 Å². The lowest BCUT2D eigenvalue weighted by Crippen LogP contribution is -2.44. The number of furan rings is 1. The second-order valence-corrected chi connectivity index (χ2v) is 6.67. The zero-order valence-corrected chi connectivity index (χ0v) is 15.6. The number of ether oxygens (including phenoxy) is 1. The highest BCUT2D eigenvalue weighted by molar-refractivity contribution is 5.85. The summed E-state index contributed by atoms with van der Waals surface area (Å²) in [6, 6.07) is 16.3. The first-order valence-electron chi connectivity index (χ1n) is 8.93. The second kappa shape index (κ2) is 8.02. The standard InChI is InChI=1S/C21H23NO3.ClH/c1-2-20(22-17-8-7-14-5-3-4-6-15(14)11-17)24-18-9-10-19-16(12-18)13-21(23)25-19;/h3-6,9-10,12-13,17,20,22-23H,2,7-8,11H2,1H3;1H. The molecule has 2 unspecified atom stereocenters. The summed E-state index contributed by atoms with van der Waals surface area (Å²) in [5.41, 5.74) is 3.57. The number of hydrogen-bond acceptors (Lipinski definition) is 4. The van der Waals surface area contributed by atoms with Crippen molar-refractivity contribution in [2.24, 2.45) is 0 Å². The zero-order valence-electron chi connectivity index (χ0n) is 14.8. The van der Waals surface area contributed by atoms with Crippen molar-refractivity contribution in [2.45, 2.75) is 44.9 Å². The summed E-state index contributed by atoms with van der Waals surface area (Å²) >= 11 is 0. The molecule has 2 N–H and O–H groups in total. The Bertz CT molecular complexity index is 877. The van der Waals surface area contributed by atoms with Gasteiger partial charge in [0, 0.05) is 17.5 Å². The van der Waals surface area contributed by atoms with Gasteiger partial charge in [0.2, 0.25) is 0 Å². The van der Waals surface area contributed by atoms with Crippen LogP contribution in [0.5, 0.6) is 11.7 Å². The number of benzene rings is 2. The van der Waals surface area contributed by atoms with Gasteiger partial charge in [0.1, 0.15) is 17.6 Å². The molecule has 1 aliphatic carbocycles. The first kappa shape index (κ1) is 18.6. The quantitative estimate of drug-likeness (QED) is 0.629. The SMILES string of the molecule is CCC(NC1CCc2ccccc2C1)Oc1ccc2oc(O)cc2c1.Cl. The predicted octanol–water partition coefficient (Wildman–Crippen LogP) is 4.82. The van der Waals surface area contributed by atoms with Gasteiger partial charge in [-0.25, -0.2) is 0 Å². The smallest absolute Gasteiger partial charge is 0.282 e. The largest absolute Gasteiger partial charge is 0.481 e. The van der Waals surface area contributed by atoms with Crippen molar-refractivity contribution >= 4 is 23.4 Å². The summed E-state index contributed by atoms with van der Waals surface area (Å²) in [7, 11) is 0. The topological polar surface area (TPSA) is 54.6 Å². The molecule has 26 heavy (non-hydrogen) atoms. The van der Waals surface area contributed by atoms with E-state index in [0.29, 0.717) is 11.6 Å². The zero-order chi connectivity index (χ0) is 17.2. The summed E-state index contributed by atoms with van der Waals surface area (Å²) < 4.78 is 11.3. The number of fused-ring (bicyclic) bond motifs is 2. The molecule has 0 fully saturated rings. The third-order valence-corrected chi connectivity index (χ3v) is 4.89. The molecule has 0 amide bonds. The van der Waals surface area contributed by atoms with Gasteiger partial charge in [-0.05, 0) is 55.0 Å². The molecule has 1 heterocycles. The molecule has 5 heteroatoms. The number of nitrogens with one attached hydrogen (secondary N) is 1. The molecule has 0 aliphatic heterocycles. The van der Waals surface area contributed by atoms with Crippen LogP contribution in [-0.2, 0) is 12.8 Å². The van der Waals surface area contributed by atoms with Crippen molar-refractivity contribution in [3.63, 3.8) is 0 Å². The van der Waals surface area contributed by atoms with E-state index in [4.69, 9.17) is 9.15 Å². The lowest BCUT2D eigenvalue weighted by atomic mass is 9.88. The first-order valence-corrected chi connectivity index (χ1v) is 8.93. The molecule has 0 saturated heterocycles. The summed E-state index contributed by atoms with van der Waals surface area (Å²) in [6.45, 7) is 2.12. The molecule has 3 aromatic rings. The van der Waals surface area contributed by atoms with E-state index >= 15 is 0 Å². The molecule has 2 aromatic carbocycles. The van der Waals surface area contributed by atoms with E-state index < -0.39 is 0 Å². The Hall–Kier alpha value is -2.17. The van der Waals surface area contributed by atoms with E-state index in [9.17, 15) is 5.11 Å². The monoisotopic (exact) mass is 373 g/mol. The van der Waals surface area contributed by atoms with Crippen LogP contribution in [0.15, 0.2) is 52.9 Å². The fourth-order valence-electron chi connectivity index (χ4n) is 3.58. The van der Waals surface area contributed by atoms with E-state index in [-0.39, 0.29) is 24.6 Å². The van der Waals surface area contributed by atoms with Gasteiger partial charge in [-0.2, -0.15) is 0 Å². The van der Waals surface area contributed by atoms with Gasteiger partial charge in [-0.1, -0.05) is 31.2 Å². The van der Waals surface area contributed by atoms with Gasteiger partial charge in [0.25, 0.3) is 5.95 Å². The minimum absolute atomic E-state index is 0. The third-order valence-electron chi connectivity index (χ3n) is 4.89. The average Bonchev–Trinajstić information content (AvgIpc) is 3.00. The van der Waals surface area contributed by atoms with Gasteiger partial charge >= 0.3 is 0 Å². The van der Waals surface area contributed by atoms with E-state index in [1.807, 2.05) is 18.2 Å². The lowest BCUT2D eigenvalue weighted by Gasteiger charge is -2.29. The van der Waals surface area contributed by atoms with Crippen LogP contribution >= 0.6 is 12.4 Å². The summed E-state index contributed by atoms with van der Waals surface area (Å²) in [6.07, 6.45) is 4.14. The predicted molar refractivity (Wildman–Crippen MR) is 105 cm³/mol. The Labute approximate surface area is 159 Å². The highest BCUT2D eigenvalue weighted by Gasteiger charge is 2.21. The molecule has 4 rings (SSSR count). The number of hydrogen-bond donors (Lipinski definition) is 2. The highest BCUT2D eigenvalue weighted by Crippen LogP contribution is 2.28. The minimum atomic E-state index is -0.0711. The van der Waals surface area contributed by atoms with Crippen molar-refractivity contribution < 1.29 is 14.3 Å². The molecular formula is C21H24ClNO3. The number of aromatic hydroxyl groups is 1. The number of aryl methyl sites for hydroxylation is 1. The van der Waals surface area contributed by atoms with Gasteiger partial charge < -0.3 is 14.3 Å². The number of rotatable bonds is 5. The van der Waals surface area contributed by atoms with Crippen LogP contribution in [0, 0.1) is 0 Å². The Morgan fingerprint density at radius 2 is 2.00 bits per heavy atom. The third kappa shape index (κ3) is 3.97. The minimum Gasteiger partial charge on any atom is -0.481 e. The average molecular weight is 374 g/mol. The lowest BCUT2D eigenvalue weighted by molar-refractivity contribution is 0.139. The fraction of sp³-hybridized carbons (Fsp3) is 0.333. The van der Waals surface area contributed by atoms with E-state index in [2.05, 4.69) is 36.5 Å². The Kier molecular flexibility index (Phi) is 5.74. The van der Waals surface area contributed by atoms with Crippen LogP contribution in [0.25, 0.3) is 11.0 Å². The normalized spacial score (nSPS) is 17.3. The molecule has 138 valence electrons. The van der Waals surface area contributed by atoms with E-state index in [1.165, 1.54) is 11.1 Å². The Balaban J connectivity index is 0.00000196. The molecule has 1 aliphatic rings. The number of halogens is 1. The van der Waals surface area contributed by atoms with Crippen molar-refractivity contribution in [1.29, 1.82) is 0 Å². The molecular weight excluding hydrogens is 350 g/mol. The van der Waals surface area contributed by atoms with E-state index in [0.717, 1.165) is 36.8 Å². The molecule has 0 saturated carbocycles. The van der Waals surface area contributed by atoms with Crippen LogP contribution in [0.1, 0.15) is 30.9 Å². The maximum absolute atomic E-state index is 9.45. The first-order chi connectivity index (χ1) is 12.2. The maximum Gasteiger partial charge on any atom is 0.282 e.